The number of hydrogen-bond donors (Lipinski definition) is 1. The Labute approximate surface area is 133 Å². The minimum Gasteiger partial charge on any atom is -0.444 e. The minimum absolute atomic E-state index is 0.216. The third-order valence-electron chi connectivity index (χ3n) is 4.21. The summed E-state index contributed by atoms with van der Waals surface area (Å²) in [6.45, 7) is 10.2. The highest BCUT2D eigenvalue weighted by molar-refractivity contribution is 5.82. The van der Waals surface area contributed by atoms with Crippen LogP contribution in [0.1, 0.15) is 47.0 Å². The van der Waals surface area contributed by atoms with Gasteiger partial charge in [-0.2, -0.15) is 0 Å². The first-order valence-corrected chi connectivity index (χ1v) is 8.32. The zero-order chi connectivity index (χ0) is 16.3. The van der Waals surface area contributed by atoms with Crippen LogP contribution < -0.4 is 5.32 Å². The molecule has 6 nitrogen and oxygen atoms in total. The van der Waals surface area contributed by atoms with E-state index in [9.17, 15) is 4.79 Å². The van der Waals surface area contributed by atoms with E-state index in [-0.39, 0.29) is 12.1 Å². The van der Waals surface area contributed by atoms with Crippen molar-refractivity contribution in [3.05, 3.63) is 0 Å². The molecule has 0 saturated carbocycles. The van der Waals surface area contributed by atoms with E-state index >= 15 is 0 Å². The number of carbonyl (C=O) groups is 1. The first kappa shape index (κ1) is 16.9. The van der Waals surface area contributed by atoms with Crippen LogP contribution in [0.2, 0.25) is 0 Å². The van der Waals surface area contributed by atoms with Crippen molar-refractivity contribution in [1.82, 2.24) is 15.1 Å². The number of likely N-dealkylation sites (N-methyl/N-ethyl adjacent to an activating group) is 1. The van der Waals surface area contributed by atoms with Crippen LogP contribution in [0.3, 0.4) is 0 Å². The summed E-state index contributed by atoms with van der Waals surface area (Å²) in [6.07, 6.45) is 2.93. The third-order valence-corrected chi connectivity index (χ3v) is 4.21. The Kier molecular flexibility index (Phi) is 5.19. The molecule has 2 aliphatic rings. The Morgan fingerprint density at radius 2 is 2.18 bits per heavy atom. The summed E-state index contributed by atoms with van der Waals surface area (Å²) in [5, 5.41) is 3.51. The number of ether oxygens (including phenoxy) is 1. The average molecular weight is 310 g/mol. The van der Waals surface area contributed by atoms with Gasteiger partial charge in [0.25, 0.3) is 0 Å². The molecule has 6 heteroatoms. The summed E-state index contributed by atoms with van der Waals surface area (Å²) in [5.41, 5.74) is -0.443. The van der Waals surface area contributed by atoms with Gasteiger partial charge in [-0.3, -0.25) is 4.99 Å². The van der Waals surface area contributed by atoms with Crippen LogP contribution in [0.15, 0.2) is 4.99 Å². The molecule has 126 valence electrons. The van der Waals surface area contributed by atoms with Crippen molar-refractivity contribution in [3.63, 3.8) is 0 Å². The molecule has 2 atom stereocenters. The van der Waals surface area contributed by atoms with Gasteiger partial charge in [-0.05, 0) is 40.0 Å². The zero-order valence-electron chi connectivity index (χ0n) is 14.6. The second-order valence-corrected chi connectivity index (χ2v) is 7.25. The average Bonchev–Trinajstić information content (AvgIpc) is 2.78. The van der Waals surface area contributed by atoms with E-state index in [2.05, 4.69) is 29.2 Å². The van der Waals surface area contributed by atoms with Crippen molar-refractivity contribution < 1.29 is 9.53 Å². The third kappa shape index (κ3) is 4.27. The van der Waals surface area contributed by atoms with Crippen LogP contribution in [-0.4, -0.2) is 66.2 Å². The Bertz CT molecular complexity index is 430. The number of amides is 1. The first-order chi connectivity index (χ1) is 10.3. The molecule has 0 aromatic rings. The number of likely N-dealkylation sites (tertiary alicyclic amines) is 1. The SMILES string of the molecule is CCC1CN=C(N[C@H]2CCCN(C(=O)OC(C)(C)C)C2)N1C. The van der Waals surface area contributed by atoms with Crippen molar-refractivity contribution in [2.24, 2.45) is 4.99 Å². The molecule has 0 aromatic carbocycles. The van der Waals surface area contributed by atoms with Gasteiger partial charge in [-0.1, -0.05) is 6.92 Å². The summed E-state index contributed by atoms with van der Waals surface area (Å²) < 4.78 is 5.47. The van der Waals surface area contributed by atoms with Gasteiger partial charge in [0.2, 0.25) is 0 Å². The second kappa shape index (κ2) is 6.75. The molecule has 1 unspecified atom stereocenters. The Morgan fingerprint density at radius 3 is 2.77 bits per heavy atom. The van der Waals surface area contributed by atoms with E-state index in [1.165, 1.54) is 0 Å². The maximum absolute atomic E-state index is 12.2. The first-order valence-electron chi connectivity index (χ1n) is 8.32. The fourth-order valence-corrected chi connectivity index (χ4v) is 2.92. The number of aliphatic imine (C=N–C) groups is 1. The molecular formula is C16H30N4O2. The van der Waals surface area contributed by atoms with E-state index in [1.54, 1.807) is 4.90 Å². The standard InChI is InChI=1S/C16H30N4O2/c1-6-13-10-17-14(19(13)5)18-12-8-7-9-20(11-12)15(21)22-16(2,3)4/h12-13H,6-11H2,1-5H3,(H,17,18)/t12-,13?/m0/s1. The summed E-state index contributed by atoms with van der Waals surface area (Å²) in [7, 11) is 2.08. The van der Waals surface area contributed by atoms with Crippen LogP contribution in [0.4, 0.5) is 4.79 Å². The Balaban J connectivity index is 1.87. The fourth-order valence-electron chi connectivity index (χ4n) is 2.92. The number of nitrogens with zero attached hydrogens (tertiary/aromatic N) is 3. The lowest BCUT2D eigenvalue weighted by Gasteiger charge is -2.35. The molecule has 22 heavy (non-hydrogen) atoms. The number of guanidine groups is 1. The van der Waals surface area contributed by atoms with Crippen LogP contribution in [0, 0.1) is 0 Å². The van der Waals surface area contributed by atoms with Crippen LogP contribution >= 0.6 is 0 Å². The summed E-state index contributed by atoms with van der Waals surface area (Å²) in [4.78, 5) is 20.8. The number of rotatable bonds is 2. The summed E-state index contributed by atoms with van der Waals surface area (Å²) >= 11 is 0. The number of hydrogen-bond acceptors (Lipinski definition) is 5. The number of nitrogens with one attached hydrogen (secondary N) is 1. The molecule has 0 radical (unpaired) electrons. The van der Waals surface area contributed by atoms with Gasteiger partial charge in [0.05, 0.1) is 12.6 Å². The molecular weight excluding hydrogens is 280 g/mol. The lowest BCUT2D eigenvalue weighted by Crippen LogP contribution is -2.53. The van der Waals surface area contributed by atoms with Gasteiger partial charge in [0.15, 0.2) is 5.96 Å². The van der Waals surface area contributed by atoms with E-state index in [0.29, 0.717) is 12.6 Å². The molecule has 0 aromatic heterocycles. The highest BCUT2D eigenvalue weighted by atomic mass is 16.6. The molecule has 2 heterocycles. The second-order valence-electron chi connectivity index (χ2n) is 7.25. The van der Waals surface area contributed by atoms with Crippen LogP contribution in [0.5, 0.6) is 0 Å². The van der Waals surface area contributed by atoms with Crippen molar-refractivity contribution >= 4 is 12.1 Å². The van der Waals surface area contributed by atoms with E-state index in [0.717, 1.165) is 38.3 Å². The summed E-state index contributed by atoms with van der Waals surface area (Å²) in [5.74, 6) is 0.961. The summed E-state index contributed by atoms with van der Waals surface area (Å²) in [6, 6.07) is 0.742. The highest BCUT2D eigenvalue weighted by Gasteiger charge is 2.30. The van der Waals surface area contributed by atoms with E-state index in [1.807, 2.05) is 20.8 Å². The fraction of sp³-hybridized carbons (Fsp3) is 0.875. The molecule has 0 aliphatic carbocycles. The van der Waals surface area contributed by atoms with Crippen molar-refractivity contribution in [3.8, 4) is 0 Å². The van der Waals surface area contributed by atoms with E-state index in [4.69, 9.17) is 4.74 Å². The number of piperidine rings is 1. The van der Waals surface area contributed by atoms with E-state index < -0.39 is 5.60 Å². The Morgan fingerprint density at radius 1 is 1.45 bits per heavy atom. The van der Waals surface area contributed by atoms with Gasteiger partial charge >= 0.3 is 6.09 Å². The molecule has 0 bridgehead atoms. The van der Waals surface area contributed by atoms with Gasteiger partial charge in [0, 0.05) is 26.2 Å². The van der Waals surface area contributed by atoms with Gasteiger partial charge < -0.3 is 19.9 Å². The maximum atomic E-state index is 12.2. The lowest BCUT2D eigenvalue weighted by atomic mass is 10.1. The predicted molar refractivity (Wildman–Crippen MR) is 88.1 cm³/mol. The number of carbonyl (C=O) groups excluding carboxylic acids is 1. The molecule has 2 rings (SSSR count). The largest absolute Gasteiger partial charge is 0.444 e. The van der Waals surface area contributed by atoms with Crippen molar-refractivity contribution in [2.45, 2.75) is 64.6 Å². The predicted octanol–water partition coefficient (Wildman–Crippen LogP) is 2.06. The molecule has 1 saturated heterocycles. The zero-order valence-corrected chi connectivity index (χ0v) is 14.6. The maximum Gasteiger partial charge on any atom is 0.410 e. The van der Waals surface area contributed by atoms with Gasteiger partial charge in [0.1, 0.15) is 5.60 Å². The molecule has 2 aliphatic heterocycles. The molecule has 1 fully saturated rings. The lowest BCUT2D eigenvalue weighted by molar-refractivity contribution is 0.0193. The van der Waals surface area contributed by atoms with Crippen LogP contribution in [-0.2, 0) is 4.74 Å². The van der Waals surface area contributed by atoms with Gasteiger partial charge in [-0.15, -0.1) is 0 Å². The Hall–Kier alpha value is -1.46. The highest BCUT2D eigenvalue weighted by Crippen LogP contribution is 2.17. The monoisotopic (exact) mass is 310 g/mol. The van der Waals surface area contributed by atoms with Gasteiger partial charge in [-0.25, -0.2) is 4.79 Å². The quantitative estimate of drug-likeness (QED) is 0.848. The minimum atomic E-state index is -0.443. The van der Waals surface area contributed by atoms with Crippen molar-refractivity contribution in [2.75, 3.05) is 26.7 Å². The molecule has 1 amide bonds. The van der Waals surface area contributed by atoms with Crippen molar-refractivity contribution in [1.29, 1.82) is 0 Å². The normalized spacial score (nSPS) is 26.0. The van der Waals surface area contributed by atoms with Crippen LogP contribution in [0.25, 0.3) is 0 Å². The topological polar surface area (TPSA) is 57.2 Å². The molecule has 0 spiro atoms. The molecule has 1 N–H and O–H groups in total. The smallest absolute Gasteiger partial charge is 0.410 e.